The van der Waals surface area contributed by atoms with E-state index in [4.69, 9.17) is 9.97 Å². The van der Waals surface area contributed by atoms with E-state index in [1.54, 1.807) is 6.20 Å². The number of fused-ring (bicyclic) bond motifs is 1. The third-order valence-corrected chi connectivity index (χ3v) is 3.75. The highest BCUT2D eigenvalue weighted by atomic mass is 79.9. The number of nitrogens with zero attached hydrogens (tertiary/aromatic N) is 3. The van der Waals surface area contributed by atoms with E-state index in [2.05, 4.69) is 33.2 Å². The molecular weight excluding hydrogens is 304 g/mol. The molecule has 0 radical (unpaired) electrons. The van der Waals surface area contributed by atoms with Gasteiger partial charge in [-0.05, 0) is 28.4 Å². The number of hydrogen-bond donors (Lipinski definition) is 1. The lowest BCUT2D eigenvalue weighted by Crippen LogP contribution is -2.26. The largest absolute Gasteiger partial charge is 0.312 e. The number of hydrogen-bond acceptors (Lipinski definition) is 4. The van der Waals surface area contributed by atoms with Gasteiger partial charge in [-0.15, -0.1) is 0 Å². The third kappa shape index (κ3) is 2.53. The normalized spacial score (nSPS) is 14.2. The molecule has 0 saturated heterocycles. The van der Waals surface area contributed by atoms with Crippen LogP contribution < -0.4 is 5.32 Å². The Labute approximate surface area is 120 Å². The number of rotatable bonds is 2. The molecule has 1 aliphatic heterocycles. The third-order valence-electron chi connectivity index (χ3n) is 3.32. The summed E-state index contributed by atoms with van der Waals surface area (Å²) in [5.74, 6) is 0.784. The monoisotopic (exact) mass is 318 g/mol. The van der Waals surface area contributed by atoms with Gasteiger partial charge in [-0.2, -0.15) is 0 Å². The average Bonchev–Trinajstić information content (AvgIpc) is 2.46. The lowest BCUT2D eigenvalue weighted by molar-refractivity contribution is 0.618. The summed E-state index contributed by atoms with van der Waals surface area (Å²) in [7, 11) is 0. The first-order chi connectivity index (χ1) is 9.28. The minimum Gasteiger partial charge on any atom is -0.312 e. The number of aromatic nitrogens is 3. The highest BCUT2D eigenvalue weighted by molar-refractivity contribution is 9.10. The second-order valence-corrected chi connectivity index (χ2v) is 5.51. The first-order valence-electron chi connectivity index (χ1n) is 6.48. The van der Waals surface area contributed by atoms with Gasteiger partial charge in [0.15, 0.2) is 5.82 Å². The van der Waals surface area contributed by atoms with Crippen LogP contribution in [0.2, 0.25) is 0 Å². The SMILES string of the molecule is CCc1nc(-c2cncc(Br)c2)nc2c1CNCC2. The maximum atomic E-state index is 4.72. The summed E-state index contributed by atoms with van der Waals surface area (Å²) in [6, 6.07) is 2.01. The van der Waals surface area contributed by atoms with Crippen LogP contribution in [-0.2, 0) is 19.4 Å². The summed E-state index contributed by atoms with van der Waals surface area (Å²) >= 11 is 3.44. The fraction of sp³-hybridized carbons (Fsp3) is 0.357. The van der Waals surface area contributed by atoms with Crippen molar-refractivity contribution in [3.05, 3.63) is 39.9 Å². The summed E-state index contributed by atoms with van der Waals surface area (Å²) in [4.78, 5) is 13.6. The molecule has 0 unspecified atom stereocenters. The van der Waals surface area contributed by atoms with Gasteiger partial charge in [0, 0.05) is 53.2 Å². The van der Waals surface area contributed by atoms with E-state index in [-0.39, 0.29) is 0 Å². The standard InChI is InChI=1S/C14H15BrN4/c1-2-12-11-8-16-4-3-13(11)19-14(18-12)9-5-10(15)7-17-6-9/h5-7,16H,2-4,8H2,1H3. The van der Waals surface area contributed by atoms with Crippen LogP contribution in [-0.4, -0.2) is 21.5 Å². The number of pyridine rings is 1. The maximum Gasteiger partial charge on any atom is 0.161 e. The van der Waals surface area contributed by atoms with Gasteiger partial charge < -0.3 is 5.32 Å². The van der Waals surface area contributed by atoms with Gasteiger partial charge in [0.25, 0.3) is 0 Å². The lowest BCUT2D eigenvalue weighted by Gasteiger charge is -2.19. The maximum absolute atomic E-state index is 4.72. The van der Waals surface area contributed by atoms with Gasteiger partial charge in [0.05, 0.1) is 5.69 Å². The highest BCUT2D eigenvalue weighted by Crippen LogP contribution is 2.23. The predicted octanol–water partition coefficient (Wildman–Crippen LogP) is 2.51. The van der Waals surface area contributed by atoms with E-state index in [9.17, 15) is 0 Å². The van der Waals surface area contributed by atoms with Crippen LogP contribution in [0.1, 0.15) is 23.9 Å². The van der Waals surface area contributed by atoms with Crippen molar-refractivity contribution in [2.24, 2.45) is 0 Å². The van der Waals surface area contributed by atoms with Gasteiger partial charge in [-0.3, -0.25) is 4.98 Å². The van der Waals surface area contributed by atoms with Crippen LogP contribution in [0.25, 0.3) is 11.4 Å². The molecule has 19 heavy (non-hydrogen) atoms. The van der Waals surface area contributed by atoms with Crippen molar-refractivity contribution in [3.8, 4) is 11.4 Å². The molecule has 5 heteroatoms. The molecule has 98 valence electrons. The Morgan fingerprint density at radius 2 is 2.21 bits per heavy atom. The van der Waals surface area contributed by atoms with Crippen molar-refractivity contribution >= 4 is 15.9 Å². The molecule has 1 N–H and O–H groups in total. The van der Waals surface area contributed by atoms with E-state index in [1.807, 2.05) is 12.3 Å². The molecule has 0 spiro atoms. The molecule has 4 nitrogen and oxygen atoms in total. The van der Waals surface area contributed by atoms with Crippen LogP contribution in [0.5, 0.6) is 0 Å². The van der Waals surface area contributed by atoms with Crippen LogP contribution in [0.15, 0.2) is 22.9 Å². The number of nitrogens with one attached hydrogen (secondary N) is 1. The van der Waals surface area contributed by atoms with E-state index < -0.39 is 0 Å². The molecule has 0 saturated carbocycles. The predicted molar refractivity (Wildman–Crippen MR) is 77.8 cm³/mol. The Balaban J connectivity index is 2.12. The molecular formula is C14H15BrN4. The zero-order valence-electron chi connectivity index (χ0n) is 10.8. The summed E-state index contributed by atoms with van der Waals surface area (Å²) in [6.07, 6.45) is 5.49. The number of aryl methyl sites for hydroxylation is 1. The van der Waals surface area contributed by atoms with Crippen molar-refractivity contribution in [2.75, 3.05) is 6.54 Å². The fourth-order valence-corrected chi connectivity index (χ4v) is 2.73. The molecule has 0 aliphatic carbocycles. The van der Waals surface area contributed by atoms with Gasteiger partial charge in [0.1, 0.15) is 0 Å². The molecule has 0 amide bonds. The fourth-order valence-electron chi connectivity index (χ4n) is 2.37. The first-order valence-corrected chi connectivity index (χ1v) is 7.27. The average molecular weight is 319 g/mol. The number of halogens is 1. The summed E-state index contributed by atoms with van der Waals surface area (Å²) in [5.41, 5.74) is 4.57. The molecule has 1 aliphatic rings. The Hall–Kier alpha value is -1.33. The quantitative estimate of drug-likeness (QED) is 0.924. The van der Waals surface area contributed by atoms with E-state index in [0.717, 1.165) is 47.5 Å². The summed E-state index contributed by atoms with van der Waals surface area (Å²) in [5, 5.41) is 3.38. The van der Waals surface area contributed by atoms with Gasteiger partial charge in [0.2, 0.25) is 0 Å². The van der Waals surface area contributed by atoms with Crippen molar-refractivity contribution < 1.29 is 0 Å². The second-order valence-electron chi connectivity index (χ2n) is 4.59. The Morgan fingerprint density at radius 3 is 3.00 bits per heavy atom. The molecule has 3 rings (SSSR count). The summed E-state index contributed by atoms with van der Waals surface area (Å²) in [6.45, 7) is 4.01. The van der Waals surface area contributed by atoms with Crippen LogP contribution >= 0.6 is 15.9 Å². The highest BCUT2D eigenvalue weighted by Gasteiger charge is 2.17. The van der Waals surface area contributed by atoms with Crippen molar-refractivity contribution in [1.29, 1.82) is 0 Å². The molecule has 0 atom stereocenters. The first kappa shape index (κ1) is 12.7. The van der Waals surface area contributed by atoms with Crippen molar-refractivity contribution in [3.63, 3.8) is 0 Å². The minimum absolute atomic E-state index is 0.784. The Bertz CT molecular complexity index is 595. The van der Waals surface area contributed by atoms with Crippen LogP contribution in [0, 0.1) is 0 Å². The van der Waals surface area contributed by atoms with Crippen LogP contribution in [0.3, 0.4) is 0 Å². The van der Waals surface area contributed by atoms with Crippen molar-refractivity contribution in [1.82, 2.24) is 20.3 Å². The van der Waals surface area contributed by atoms with Gasteiger partial charge in [-0.25, -0.2) is 9.97 Å². The second kappa shape index (κ2) is 5.35. The molecule has 0 bridgehead atoms. The minimum atomic E-state index is 0.784. The molecule has 0 aromatic carbocycles. The van der Waals surface area contributed by atoms with E-state index >= 15 is 0 Å². The molecule has 0 fully saturated rings. The summed E-state index contributed by atoms with van der Waals surface area (Å²) < 4.78 is 0.950. The van der Waals surface area contributed by atoms with E-state index in [1.165, 1.54) is 11.3 Å². The molecule has 2 aromatic heterocycles. The zero-order chi connectivity index (χ0) is 13.2. The Kier molecular flexibility index (Phi) is 3.57. The zero-order valence-corrected chi connectivity index (χ0v) is 12.4. The molecule has 2 aromatic rings. The van der Waals surface area contributed by atoms with Gasteiger partial charge in [-0.1, -0.05) is 6.92 Å². The Morgan fingerprint density at radius 1 is 1.32 bits per heavy atom. The van der Waals surface area contributed by atoms with E-state index in [0.29, 0.717) is 0 Å². The lowest BCUT2D eigenvalue weighted by atomic mass is 10.0. The van der Waals surface area contributed by atoms with Gasteiger partial charge >= 0.3 is 0 Å². The smallest absolute Gasteiger partial charge is 0.161 e. The topological polar surface area (TPSA) is 50.7 Å². The van der Waals surface area contributed by atoms with Crippen LogP contribution in [0.4, 0.5) is 0 Å². The molecule has 3 heterocycles. The van der Waals surface area contributed by atoms with Crippen molar-refractivity contribution in [2.45, 2.75) is 26.3 Å².